The molecule has 0 spiro atoms. The second kappa shape index (κ2) is 10.0. The fourth-order valence-corrected chi connectivity index (χ4v) is 5.34. The number of anilines is 1. The summed E-state index contributed by atoms with van der Waals surface area (Å²) in [5, 5.41) is 9.83. The van der Waals surface area contributed by atoms with Gasteiger partial charge in [0.25, 0.3) is 0 Å². The fraction of sp³-hybridized carbons (Fsp3) is 0.321. The van der Waals surface area contributed by atoms with Gasteiger partial charge < -0.3 is 10.0 Å². The van der Waals surface area contributed by atoms with Gasteiger partial charge in [0.15, 0.2) is 5.82 Å². The van der Waals surface area contributed by atoms with Crippen LogP contribution in [0.1, 0.15) is 41.0 Å². The van der Waals surface area contributed by atoms with Gasteiger partial charge in [-0.2, -0.15) is 0 Å². The number of nitrogens with zero attached hydrogens (tertiary/aromatic N) is 3. The van der Waals surface area contributed by atoms with Crippen LogP contribution < -0.4 is 9.77 Å². The van der Waals surface area contributed by atoms with E-state index in [1.54, 1.807) is 0 Å². The van der Waals surface area contributed by atoms with Crippen LogP contribution in [0, 0.1) is 13.8 Å². The number of hydrogen-bond acceptors (Lipinski definition) is 6. The number of aromatic nitrogens is 3. The van der Waals surface area contributed by atoms with E-state index in [0.717, 1.165) is 89.0 Å². The average Bonchev–Trinajstić information content (AvgIpc) is 3.18. The topological polar surface area (TPSA) is 82.1 Å². The molecule has 2 aromatic heterocycles. The lowest BCUT2D eigenvalue weighted by atomic mass is 10.0. The van der Waals surface area contributed by atoms with Crippen LogP contribution >= 0.6 is 11.3 Å². The zero-order valence-corrected chi connectivity index (χ0v) is 21.0. The quantitative estimate of drug-likeness (QED) is 0.330. The highest BCUT2D eigenvalue weighted by atomic mass is 32.1. The van der Waals surface area contributed by atoms with Gasteiger partial charge in [0.2, 0.25) is 5.88 Å². The summed E-state index contributed by atoms with van der Waals surface area (Å²) < 4.78 is 0. The zero-order valence-electron chi connectivity index (χ0n) is 20.2. The first-order valence-corrected chi connectivity index (χ1v) is 13.0. The molecule has 0 amide bonds. The SMILES string of the molecule is Cc1ccc(-c2nc3c(nc2-c2ccc(C)cc2)N(CCCCc2sc(=O)[nH]c2O)CCC3)cc1. The molecule has 0 atom stereocenters. The molecule has 0 saturated heterocycles. The lowest BCUT2D eigenvalue weighted by Crippen LogP contribution is -2.32. The minimum atomic E-state index is -0.203. The van der Waals surface area contributed by atoms with Crippen molar-refractivity contribution < 1.29 is 5.11 Å². The van der Waals surface area contributed by atoms with Crippen LogP contribution in [0.15, 0.2) is 53.3 Å². The van der Waals surface area contributed by atoms with Crippen molar-refractivity contribution >= 4 is 17.2 Å². The average molecular weight is 487 g/mol. The lowest BCUT2D eigenvalue weighted by Gasteiger charge is -2.30. The van der Waals surface area contributed by atoms with E-state index in [0.29, 0.717) is 6.42 Å². The van der Waals surface area contributed by atoms with Crippen molar-refractivity contribution in [3.63, 3.8) is 0 Å². The summed E-state index contributed by atoms with van der Waals surface area (Å²) >= 11 is 1.09. The summed E-state index contributed by atoms with van der Waals surface area (Å²) in [4.78, 5) is 27.2. The Morgan fingerprint density at radius 1 is 0.943 bits per heavy atom. The molecule has 1 aliphatic heterocycles. The summed E-state index contributed by atoms with van der Waals surface area (Å²) in [5.74, 6) is 0.998. The highest BCUT2D eigenvalue weighted by molar-refractivity contribution is 7.09. The first-order valence-electron chi connectivity index (χ1n) is 12.2. The largest absolute Gasteiger partial charge is 0.494 e. The number of aromatic hydroxyl groups is 1. The smallest absolute Gasteiger partial charge is 0.307 e. The van der Waals surface area contributed by atoms with Crippen LogP contribution in [0.2, 0.25) is 0 Å². The molecule has 5 rings (SSSR count). The van der Waals surface area contributed by atoms with Crippen LogP contribution in [0.5, 0.6) is 5.88 Å². The number of aryl methyl sites for hydroxylation is 4. The number of fused-ring (bicyclic) bond motifs is 1. The first kappa shape index (κ1) is 23.3. The van der Waals surface area contributed by atoms with E-state index >= 15 is 0 Å². The number of H-pyrrole nitrogens is 1. The Hall–Kier alpha value is -3.45. The van der Waals surface area contributed by atoms with Crippen molar-refractivity contribution in [1.82, 2.24) is 15.0 Å². The van der Waals surface area contributed by atoms with Crippen LogP contribution in [-0.2, 0) is 12.8 Å². The Balaban J connectivity index is 1.43. The first-order chi connectivity index (χ1) is 17.0. The Labute approximate surface area is 209 Å². The number of unbranched alkanes of at least 4 members (excludes halogenated alkanes) is 1. The van der Waals surface area contributed by atoms with Gasteiger partial charge in [0.05, 0.1) is 22.0 Å². The summed E-state index contributed by atoms with van der Waals surface area (Å²) in [6.45, 7) is 6.02. The Bertz CT molecular complexity index is 1370. The van der Waals surface area contributed by atoms with Crippen molar-refractivity contribution in [3.8, 4) is 28.4 Å². The fourth-order valence-electron chi connectivity index (χ4n) is 4.58. The summed E-state index contributed by atoms with van der Waals surface area (Å²) in [6, 6.07) is 17.0. The maximum Gasteiger partial charge on any atom is 0.307 e. The summed E-state index contributed by atoms with van der Waals surface area (Å²) in [5.41, 5.74) is 7.52. The maximum absolute atomic E-state index is 11.4. The van der Waals surface area contributed by atoms with Crippen LogP contribution in [0.4, 0.5) is 5.82 Å². The van der Waals surface area contributed by atoms with E-state index < -0.39 is 0 Å². The minimum absolute atomic E-state index is 0.0144. The van der Waals surface area contributed by atoms with Crippen LogP contribution in [0.25, 0.3) is 22.5 Å². The highest BCUT2D eigenvalue weighted by Crippen LogP contribution is 2.35. The van der Waals surface area contributed by atoms with Gasteiger partial charge in [-0.3, -0.25) is 9.78 Å². The predicted molar refractivity (Wildman–Crippen MR) is 142 cm³/mol. The van der Waals surface area contributed by atoms with Crippen molar-refractivity contribution in [1.29, 1.82) is 0 Å². The van der Waals surface area contributed by atoms with Crippen molar-refractivity contribution in [2.75, 3.05) is 18.0 Å². The number of rotatable bonds is 7. The number of thiazole rings is 1. The molecule has 180 valence electrons. The number of aromatic amines is 1. The standard InChI is InChI=1S/C28H30N4O2S/c1-18-8-12-20(13-9-18)24-25(21-14-10-19(2)11-15-21)30-26-22(29-24)6-5-17-32(26)16-4-3-7-23-27(33)31-28(34)35-23/h8-15,33H,3-7,16-17H2,1-2H3,(H,31,34). The highest BCUT2D eigenvalue weighted by Gasteiger charge is 2.23. The molecule has 6 nitrogen and oxygen atoms in total. The molecule has 0 aliphatic carbocycles. The van der Waals surface area contributed by atoms with Crippen molar-refractivity contribution in [2.24, 2.45) is 0 Å². The van der Waals surface area contributed by atoms with Gasteiger partial charge in [-0.05, 0) is 46.0 Å². The number of benzene rings is 2. The second-order valence-electron chi connectivity index (χ2n) is 9.26. The van der Waals surface area contributed by atoms with E-state index in [9.17, 15) is 9.90 Å². The van der Waals surface area contributed by atoms with E-state index in [2.05, 4.69) is 72.3 Å². The van der Waals surface area contributed by atoms with E-state index in [1.807, 2.05) is 0 Å². The molecule has 0 bridgehead atoms. The van der Waals surface area contributed by atoms with Gasteiger partial charge >= 0.3 is 4.87 Å². The third kappa shape index (κ3) is 5.15. The Morgan fingerprint density at radius 3 is 2.17 bits per heavy atom. The van der Waals surface area contributed by atoms with E-state index in [4.69, 9.17) is 9.97 Å². The normalized spacial score (nSPS) is 13.1. The molecule has 35 heavy (non-hydrogen) atoms. The molecule has 7 heteroatoms. The van der Waals surface area contributed by atoms with Gasteiger partial charge in [-0.25, -0.2) is 9.97 Å². The third-order valence-electron chi connectivity index (χ3n) is 6.52. The molecule has 2 N–H and O–H groups in total. The Kier molecular flexibility index (Phi) is 6.68. The van der Waals surface area contributed by atoms with Gasteiger partial charge in [0, 0.05) is 24.2 Å². The molecular formula is C28H30N4O2S. The summed E-state index contributed by atoms with van der Waals surface area (Å²) in [7, 11) is 0. The van der Waals surface area contributed by atoms with E-state index in [1.165, 1.54) is 11.1 Å². The third-order valence-corrected chi connectivity index (χ3v) is 7.45. The van der Waals surface area contributed by atoms with Crippen LogP contribution in [0.3, 0.4) is 0 Å². The molecule has 2 aromatic carbocycles. The molecule has 0 unspecified atom stereocenters. The molecule has 4 aromatic rings. The molecule has 0 saturated carbocycles. The van der Waals surface area contributed by atoms with E-state index in [-0.39, 0.29) is 10.8 Å². The Morgan fingerprint density at radius 2 is 1.57 bits per heavy atom. The zero-order chi connectivity index (χ0) is 24.4. The van der Waals surface area contributed by atoms with Crippen molar-refractivity contribution in [2.45, 2.75) is 46.0 Å². The summed E-state index contributed by atoms with van der Waals surface area (Å²) in [6.07, 6.45) is 4.53. The lowest BCUT2D eigenvalue weighted by molar-refractivity contribution is 0.449. The molecular weight excluding hydrogens is 456 g/mol. The molecule has 0 fully saturated rings. The van der Waals surface area contributed by atoms with Gasteiger partial charge in [-0.15, -0.1) is 0 Å². The van der Waals surface area contributed by atoms with Crippen LogP contribution in [-0.4, -0.2) is 33.1 Å². The maximum atomic E-state index is 11.4. The minimum Gasteiger partial charge on any atom is -0.494 e. The second-order valence-corrected chi connectivity index (χ2v) is 10.3. The number of hydrogen-bond donors (Lipinski definition) is 2. The molecule has 3 heterocycles. The molecule has 1 aliphatic rings. The predicted octanol–water partition coefficient (Wildman–Crippen LogP) is 5.66. The van der Waals surface area contributed by atoms with Crippen molar-refractivity contribution in [3.05, 3.63) is 79.9 Å². The van der Waals surface area contributed by atoms with Gasteiger partial charge in [-0.1, -0.05) is 71.0 Å². The number of nitrogens with one attached hydrogen (secondary N) is 1. The monoisotopic (exact) mass is 486 g/mol. The van der Waals surface area contributed by atoms with Gasteiger partial charge in [0.1, 0.15) is 0 Å². The molecule has 0 radical (unpaired) electrons.